The Hall–Kier alpha value is -2.71. The minimum atomic E-state index is -0.942. The van der Waals surface area contributed by atoms with Gasteiger partial charge in [0.1, 0.15) is 6.61 Å². The fourth-order valence-corrected chi connectivity index (χ4v) is 1.29. The van der Waals surface area contributed by atoms with Gasteiger partial charge in [-0.05, 0) is 5.56 Å². The Kier molecular flexibility index (Phi) is 5.20. The molecule has 0 spiro atoms. The summed E-state index contributed by atoms with van der Waals surface area (Å²) in [6, 6.07) is 5.56. The van der Waals surface area contributed by atoms with E-state index in [9.17, 15) is 25.0 Å². The predicted molar refractivity (Wildman–Crippen MR) is 62.8 cm³/mol. The molecule has 0 saturated carbocycles. The minimum Gasteiger partial charge on any atom is -0.354 e. The third-order valence-corrected chi connectivity index (χ3v) is 2.13. The Morgan fingerprint density at radius 1 is 1.21 bits per heavy atom. The Bertz CT molecular complexity index is 473. The summed E-state index contributed by atoms with van der Waals surface area (Å²) in [6.45, 7) is -0.203. The van der Waals surface area contributed by atoms with Crippen LogP contribution in [0.2, 0.25) is 0 Å². The highest BCUT2D eigenvalue weighted by Crippen LogP contribution is 2.12. The molecular weight excluding hydrogens is 258 g/mol. The van der Waals surface area contributed by atoms with Crippen LogP contribution >= 0.6 is 0 Å². The lowest BCUT2D eigenvalue weighted by atomic mass is 10.1. The molecule has 0 unspecified atom stereocenters. The van der Waals surface area contributed by atoms with Crippen LogP contribution < -0.4 is 5.32 Å². The maximum atomic E-state index is 11.4. The zero-order chi connectivity index (χ0) is 14.3. The molecule has 0 aliphatic rings. The van der Waals surface area contributed by atoms with Gasteiger partial charge in [-0.1, -0.05) is 12.1 Å². The molecule has 1 rings (SSSR count). The molecule has 0 aliphatic carbocycles. The van der Waals surface area contributed by atoms with Crippen molar-refractivity contribution in [2.24, 2.45) is 0 Å². The summed E-state index contributed by atoms with van der Waals surface area (Å²) in [4.78, 5) is 35.2. The monoisotopic (exact) mass is 269 g/mol. The third-order valence-electron chi connectivity index (χ3n) is 2.13. The Balaban J connectivity index is 2.35. The van der Waals surface area contributed by atoms with Gasteiger partial charge in [-0.15, -0.1) is 10.1 Å². The average molecular weight is 269 g/mol. The molecule has 0 aromatic heterocycles. The standard InChI is InChI=1S/C10H11N3O6/c14-10(11-5-6-19-13(17)18)7-8-1-3-9(4-2-8)12(15)16/h1-4H,5-7H2,(H,11,14). The van der Waals surface area contributed by atoms with Crippen molar-refractivity contribution in [1.29, 1.82) is 0 Å². The van der Waals surface area contributed by atoms with Crippen LogP contribution in [0.3, 0.4) is 0 Å². The van der Waals surface area contributed by atoms with Gasteiger partial charge in [0.25, 0.3) is 10.8 Å². The van der Waals surface area contributed by atoms with Crippen LogP contribution in [0.5, 0.6) is 0 Å². The normalized spacial score (nSPS) is 9.68. The fraction of sp³-hybridized carbons (Fsp3) is 0.300. The predicted octanol–water partition coefficient (Wildman–Crippen LogP) is 0.462. The van der Waals surface area contributed by atoms with Gasteiger partial charge in [0.05, 0.1) is 11.3 Å². The summed E-state index contributed by atoms with van der Waals surface area (Å²) >= 11 is 0. The smallest absolute Gasteiger partial charge is 0.294 e. The second-order valence-corrected chi connectivity index (χ2v) is 3.51. The Morgan fingerprint density at radius 3 is 2.37 bits per heavy atom. The van der Waals surface area contributed by atoms with Crippen molar-refractivity contribution < 1.29 is 19.6 Å². The van der Waals surface area contributed by atoms with Gasteiger partial charge in [-0.3, -0.25) is 14.9 Å². The van der Waals surface area contributed by atoms with Gasteiger partial charge >= 0.3 is 0 Å². The van der Waals surface area contributed by atoms with E-state index in [-0.39, 0.29) is 31.2 Å². The zero-order valence-electron chi connectivity index (χ0n) is 9.77. The number of nitro benzene ring substituents is 1. The van der Waals surface area contributed by atoms with Crippen LogP contribution in [0.15, 0.2) is 24.3 Å². The van der Waals surface area contributed by atoms with Crippen LogP contribution in [0.4, 0.5) is 5.69 Å². The average Bonchev–Trinajstić information content (AvgIpc) is 2.35. The van der Waals surface area contributed by atoms with Gasteiger partial charge in [-0.2, -0.15) is 0 Å². The largest absolute Gasteiger partial charge is 0.354 e. The van der Waals surface area contributed by atoms with E-state index in [1.54, 1.807) is 0 Å². The quantitative estimate of drug-likeness (QED) is 0.435. The van der Waals surface area contributed by atoms with E-state index in [0.717, 1.165) is 0 Å². The zero-order valence-corrected chi connectivity index (χ0v) is 9.77. The van der Waals surface area contributed by atoms with E-state index in [1.165, 1.54) is 24.3 Å². The van der Waals surface area contributed by atoms with E-state index in [0.29, 0.717) is 5.56 Å². The van der Waals surface area contributed by atoms with E-state index in [4.69, 9.17) is 0 Å². The highest BCUT2D eigenvalue weighted by molar-refractivity contribution is 5.78. The van der Waals surface area contributed by atoms with E-state index in [1.807, 2.05) is 0 Å². The van der Waals surface area contributed by atoms with Crippen LogP contribution in [-0.4, -0.2) is 29.1 Å². The van der Waals surface area contributed by atoms with Crippen LogP contribution in [0.25, 0.3) is 0 Å². The van der Waals surface area contributed by atoms with Crippen molar-refractivity contribution in [2.75, 3.05) is 13.2 Å². The van der Waals surface area contributed by atoms with E-state index in [2.05, 4.69) is 10.2 Å². The van der Waals surface area contributed by atoms with Crippen molar-refractivity contribution in [1.82, 2.24) is 5.32 Å². The third kappa shape index (κ3) is 5.44. The highest BCUT2D eigenvalue weighted by atomic mass is 16.9. The van der Waals surface area contributed by atoms with Gasteiger partial charge in [0, 0.05) is 18.7 Å². The minimum absolute atomic E-state index is 0.0206. The highest BCUT2D eigenvalue weighted by Gasteiger charge is 2.07. The Labute approximate surface area is 107 Å². The molecule has 0 saturated heterocycles. The number of carbonyl (C=O) groups is 1. The maximum absolute atomic E-state index is 11.4. The number of hydrogen-bond acceptors (Lipinski definition) is 6. The first kappa shape index (κ1) is 14.4. The van der Waals surface area contributed by atoms with E-state index < -0.39 is 10.0 Å². The molecule has 0 aliphatic heterocycles. The SMILES string of the molecule is O=C(Cc1ccc([N+](=O)[O-])cc1)NCCO[N+](=O)[O-]. The van der Waals surface area contributed by atoms with Gasteiger partial charge in [0.2, 0.25) is 5.91 Å². The first-order chi connectivity index (χ1) is 8.99. The second-order valence-electron chi connectivity index (χ2n) is 3.51. The maximum Gasteiger partial charge on any atom is 0.294 e. The number of carbonyl (C=O) groups excluding carboxylic acids is 1. The van der Waals surface area contributed by atoms with Crippen molar-refractivity contribution in [3.8, 4) is 0 Å². The molecule has 9 nitrogen and oxygen atoms in total. The molecular formula is C10H11N3O6. The topological polar surface area (TPSA) is 125 Å². The fourth-order valence-electron chi connectivity index (χ4n) is 1.29. The van der Waals surface area contributed by atoms with Gasteiger partial charge in [0.15, 0.2) is 0 Å². The van der Waals surface area contributed by atoms with E-state index >= 15 is 0 Å². The lowest BCUT2D eigenvalue weighted by Gasteiger charge is -2.04. The molecule has 1 aromatic carbocycles. The summed E-state index contributed by atoms with van der Waals surface area (Å²) in [6.07, 6.45) is 0.0382. The molecule has 1 aromatic rings. The lowest BCUT2D eigenvalue weighted by molar-refractivity contribution is -0.757. The summed E-state index contributed by atoms with van der Waals surface area (Å²) in [5.41, 5.74) is 0.557. The number of rotatable bonds is 7. The van der Waals surface area contributed by atoms with Crippen molar-refractivity contribution in [2.45, 2.75) is 6.42 Å². The van der Waals surface area contributed by atoms with Crippen molar-refractivity contribution in [3.63, 3.8) is 0 Å². The number of hydrogen-bond donors (Lipinski definition) is 1. The first-order valence-electron chi connectivity index (χ1n) is 5.26. The van der Waals surface area contributed by atoms with Crippen LogP contribution in [-0.2, 0) is 16.1 Å². The number of benzene rings is 1. The molecule has 9 heteroatoms. The number of nitrogens with one attached hydrogen (secondary N) is 1. The second kappa shape index (κ2) is 6.89. The summed E-state index contributed by atoms with van der Waals surface area (Å²) < 4.78 is 0. The van der Waals surface area contributed by atoms with Crippen molar-refractivity contribution in [3.05, 3.63) is 50.1 Å². The summed E-state index contributed by atoms with van der Waals surface area (Å²) in [5.74, 6) is -0.346. The Morgan fingerprint density at radius 2 is 1.84 bits per heavy atom. The molecule has 0 bridgehead atoms. The molecule has 1 amide bonds. The molecule has 0 heterocycles. The molecule has 0 radical (unpaired) electrons. The molecule has 19 heavy (non-hydrogen) atoms. The molecule has 102 valence electrons. The van der Waals surface area contributed by atoms with Crippen molar-refractivity contribution >= 4 is 11.6 Å². The summed E-state index contributed by atoms with van der Waals surface area (Å²) in [7, 11) is 0. The molecule has 1 N–H and O–H groups in total. The lowest BCUT2D eigenvalue weighted by Crippen LogP contribution is -2.29. The number of nitrogens with zero attached hydrogens (tertiary/aromatic N) is 2. The first-order valence-corrected chi connectivity index (χ1v) is 5.26. The van der Waals surface area contributed by atoms with Crippen LogP contribution in [0, 0.1) is 20.2 Å². The summed E-state index contributed by atoms with van der Waals surface area (Å²) in [5, 5.41) is 21.7. The van der Waals surface area contributed by atoms with Gasteiger partial charge < -0.3 is 10.2 Å². The number of nitro groups is 1. The number of non-ortho nitro benzene ring substituents is 1. The van der Waals surface area contributed by atoms with Crippen LogP contribution in [0.1, 0.15) is 5.56 Å². The molecule has 0 atom stereocenters. The number of amides is 1. The molecule has 0 fully saturated rings. The van der Waals surface area contributed by atoms with Gasteiger partial charge in [-0.25, -0.2) is 0 Å².